The molecular weight excluding hydrogens is 332 g/mol. The van der Waals surface area contributed by atoms with Crippen LogP contribution in [0.2, 0.25) is 0 Å². The maximum atomic E-state index is 12.2. The van der Waals surface area contributed by atoms with Gasteiger partial charge >= 0.3 is 5.97 Å². The van der Waals surface area contributed by atoms with Gasteiger partial charge in [0.2, 0.25) is 0 Å². The Kier molecular flexibility index (Phi) is 3.99. The van der Waals surface area contributed by atoms with Crippen molar-refractivity contribution in [3.8, 4) is 17.2 Å². The summed E-state index contributed by atoms with van der Waals surface area (Å²) in [5.74, 6) is 0.106. The van der Waals surface area contributed by atoms with Gasteiger partial charge in [0.15, 0.2) is 11.2 Å². The van der Waals surface area contributed by atoms with E-state index in [4.69, 9.17) is 9.15 Å². The van der Waals surface area contributed by atoms with E-state index in [0.717, 1.165) is 0 Å². The third-order valence-electron chi connectivity index (χ3n) is 3.73. The van der Waals surface area contributed by atoms with Gasteiger partial charge in [0.25, 0.3) is 0 Å². The Labute approximate surface area is 147 Å². The summed E-state index contributed by atoms with van der Waals surface area (Å²) in [7, 11) is 0. The van der Waals surface area contributed by atoms with E-state index in [2.05, 4.69) is 9.97 Å². The molecule has 6 heteroatoms. The molecule has 0 radical (unpaired) electrons. The molecule has 0 N–H and O–H groups in total. The van der Waals surface area contributed by atoms with E-state index < -0.39 is 5.97 Å². The molecule has 0 amide bonds. The number of carbonyl (C=O) groups excluding carboxylic acids is 1. The first-order valence-corrected chi connectivity index (χ1v) is 7.82. The van der Waals surface area contributed by atoms with E-state index in [1.165, 1.54) is 18.5 Å². The molecule has 0 saturated carbocycles. The highest BCUT2D eigenvalue weighted by atomic mass is 16.5. The first kappa shape index (κ1) is 15.7. The minimum absolute atomic E-state index is 0.143. The average molecular weight is 344 g/mol. The predicted octanol–water partition coefficient (Wildman–Crippen LogP) is 3.47. The maximum absolute atomic E-state index is 12.2. The van der Waals surface area contributed by atoms with Gasteiger partial charge in [0, 0.05) is 18.5 Å². The topological polar surface area (TPSA) is 82.3 Å². The molecular formula is C20H12N2O4. The molecule has 0 bridgehead atoms. The third kappa shape index (κ3) is 3.08. The molecule has 0 atom stereocenters. The van der Waals surface area contributed by atoms with Gasteiger partial charge in [-0.3, -0.25) is 9.78 Å². The largest absolute Gasteiger partial charge is 0.454 e. The molecule has 0 aliphatic heterocycles. The molecule has 3 heterocycles. The van der Waals surface area contributed by atoms with Gasteiger partial charge in [-0.1, -0.05) is 12.1 Å². The molecule has 3 aromatic heterocycles. The van der Waals surface area contributed by atoms with Crippen molar-refractivity contribution >= 4 is 16.9 Å². The number of hydrogen-bond acceptors (Lipinski definition) is 6. The minimum Gasteiger partial charge on any atom is -0.454 e. The van der Waals surface area contributed by atoms with Crippen LogP contribution in [0.3, 0.4) is 0 Å². The fourth-order valence-corrected chi connectivity index (χ4v) is 2.47. The van der Waals surface area contributed by atoms with Crippen LogP contribution >= 0.6 is 0 Å². The Morgan fingerprint density at radius 2 is 1.88 bits per heavy atom. The normalized spacial score (nSPS) is 10.6. The number of fused-ring (bicyclic) bond motifs is 1. The van der Waals surface area contributed by atoms with E-state index in [0.29, 0.717) is 28.0 Å². The third-order valence-corrected chi connectivity index (χ3v) is 3.73. The lowest BCUT2D eigenvalue weighted by atomic mass is 10.2. The fraction of sp³-hybridized carbons (Fsp3) is 0. The quantitative estimate of drug-likeness (QED) is 0.529. The van der Waals surface area contributed by atoms with Crippen LogP contribution in [0.1, 0.15) is 10.4 Å². The molecule has 0 spiro atoms. The van der Waals surface area contributed by atoms with Gasteiger partial charge in [-0.25, -0.2) is 9.78 Å². The Morgan fingerprint density at radius 3 is 2.65 bits per heavy atom. The van der Waals surface area contributed by atoms with E-state index in [1.807, 2.05) is 0 Å². The first-order chi connectivity index (χ1) is 12.7. The summed E-state index contributed by atoms with van der Waals surface area (Å²) in [4.78, 5) is 32.3. The maximum Gasteiger partial charge on any atom is 0.345 e. The van der Waals surface area contributed by atoms with Crippen molar-refractivity contribution in [1.82, 2.24) is 9.97 Å². The SMILES string of the molecule is O=C(Oc1ccc(-c2cc(=O)c3ccccc3o2)nc1)c1cccnc1. The molecule has 4 aromatic rings. The summed E-state index contributed by atoms with van der Waals surface area (Å²) in [6.45, 7) is 0. The summed E-state index contributed by atoms with van der Waals surface area (Å²) < 4.78 is 11.0. The standard InChI is InChI=1S/C20H12N2O4/c23-17-10-19(26-18-6-2-1-5-15(17)18)16-8-7-14(12-22-16)25-20(24)13-4-3-9-21-11-13/h1-12H. The zero-order valence-corrected chi connectivity index (χ0v) is 13.5. The van der Waals surface area contributed by atoms with Crippen LogP contribution in [0.25, 0.3) is 22.4 Å². The van der Waals surface area contributed by atoms with Crippen molar-refractivity contribution in [2.24, 2.45) is 0 Å². The molecule has 0 unspecified atom stereocenters. The first-order valence-electron chi connectivity index (χ1n) is 7.82. The summed E-state index contributed by atoms with van der Waals surface area (Å²) in [6, 6.07) is 14.9. The van der Waals surface area contributed by atoms with Crippen molar-refractivity contribution in [3.05, 3.63) is 89.0 Å². The van der Waals surface area contributed by atoms with Crippen LogP contribution in [-0.2, 0) is 0 Å². The highest BCUT2D eigenvalue weighted by molar-refractivity contribution is 5.90. The highest BCUT2D eigenvalue weighted by Crippen LogP contribution is 2.22. The second-order valence-electron chi connectivity index (χ2n) is 5.48. The number of rotatable bonds is 3. The van der Waals surface area contributed by atoms with Crippen molar-refractivity contribution in [2.75, 3.05) is 0 Å². The second kappa shape index (κ2) is 6.60. The summed E-state index contributed by atoms with van der Waals surface area (Å²) in [5, 5.41) is 0.512. The lowest BCUT2D eigenvalue weighted by Gasteiger charge is -2.05. The summed E-state index contributed by atoms with van der Waals surface area (Å²) in [5.41, 5.74) is 1.16. The average Bonchev–Trinajstić information content (AvgIpc) is 2.69. The van der Waals surface area contributed by atoms with Crippen molar-refractivity contribution in [2.45, 2.75) is 0 Å². The van der Waals surface area contributed by atoms with Crippen molar-refractivity contribution < 1.29 is 13.9 Å². The van der Waals surface area contributed by atoms with E-state index >= 15 is 0 Å². The van der Waals surface area contributed by atoms with E-state index in [-0.39, 0.29) is 11.2 Å². The molecule has 126 valence electrons. The van der Waals surface area contributed by atoms with Gasteiger partial charge in [-0.2, -0.15) is 0 Å². The predicted molar refractivity (Wildman–Crippen MR) is 94.9 cm³/mol. The second-order valence-corrected chi connectivity index (χ2v) is 5.48. The number of aromatic nitrogens is 2. The Morgan fingerprint density at radius 1 is 1.00 bits per heavy atom. The molecule has 0 fully saturated rings. The van der Waals surface area contributed by atoms with Crippen LogP contribution in [0.15, 0.2) is 82.4 Å². The zero-order chi connectivity index (χ0) is 17.9. The Bertz CT molecular complexity index is 1140. The van der Waals surface area contributed by atoms with Crippen molar-refractivity contribution in [3.63, 3.8) is 0 Å². The zero-order valence-electron chi connectivity index (χ0n) is 13.5. The lowest BCUT2D eigenvalue weighted by Crippen LogP contribution is -2.08. The van der Waals surface area contributed by atoms with Crippen LogP contribution in [0.5, 0.6) is 5.75 Å². The number of nitrogens with zero attached hydrogens (tertiary/aromatic N) is 2. The van der Waals surface area contributed by atoms with Gasteiger partial charge in [0.05, 0.1) is 17.1 Å². The Balaban J connectivity index is 1.60. The number of pyridine rings is 2. The molecule has 4 rings (SSSR count). The van der Waals surface area contributed by atoms with Gasteiger partial charge < -0.3 is 9.15 Å². The van der Waals surface area contributed by atoms with Gasteiger partial charge in [0.1, 0.15) is 17.0 Å². The molecule has 0 aliphatic carbocycles. The van der Waals surface area contributed by atoms with Crippen LogP contribution < -0.4 is 10.2 Å². The van der Waals surface area contributed by atoms with E-state index in [9.17, 15) is 9.59 Å². The molecule has 0 aliphatic rings. The molecule has 26 heavy (non-hydrogen) atoms. The van der Waals surface area contributed by atoms with Crippen molar-refractivity contribution in [1.29, 1.82) is 0 Å². The number of carbonyl (C=O) groups is 1. The van der Waals surface area contributed by atoms with Crippen LogP contribution in [0, 0.1) is 0 Å². The fourth-order valence-electron chi connectivity index (χ4n) is 2.47. The van der Waals surface area contributed by atoms with Gasteiger partial charge in [-0.05, 0) is 36.4 Å². The monoisotopic (exact) mass is 344 g/mol. The Hall–Kier alpha value is -3.80. The number of para-hydroxylation sites is 1. The molecule has 1 aromatic carbocycles. The molecule has 6 nitrogen and oxygen atoms in total. The number of hydrogen-bond donors (Lipinski definition) is 0. The van der Waals surface area contributed by atoms with E-state index in [1.54, 1.807) is 54.7 Å². The highest BCUT2D eigenvalue weighted by Gasteiger charge is 2.11. The van der Waals surface area contributed by atoms with Gasteiger partial charge in [-0.15, -0.1) is 0 Å². The summed E-state index contributed by atoms with van der Waals surface area (Å²) in [6.07, 6.45) is 4.40. The number of esters is 1. The lowest BCUT2D eigenvalue weighted by molar-refractivity contribution is 0.0733. The van der Waals surface area contributed by atoms with Crippen LogP contribution in [0.4, 0.5) is 0 Å². The number of ether oxygens (including phenoxy) is 1. The minimum atomic E-state index is -0.523. The molecule has 0 saturated heterocycles. The number of benzene rings is 1. The summed E-state index contributed by atoms with van der Waals surface area (Å²) >= 11 is 0. The van der Waals surface area contributed by atoms with Crippen LogP contribution in [-0.4, -0.2) is 15.9 Å². The smallest absolute Gasteiger partial charge is 0.345 e.